The van der Waals surface area contributed by atoms with Gasteiger partial charge in [0.05, 0.1) is 11.4 Å². The Bertz CT molecular complexity index is 1260. The van der Waals surface area contributed by atoms with Gasteiger partial charge in [-0.15, -0.1) is 0 Å². The minimum Gasteiger partial charge on any atom is -0.342 e. The van der Waals surface area contributed by atoms with Gasteiger partial charge < -0.3 is 9.47 Å². The van der Waals surface area contributed by atoms with E-state index in [1.165, 1.54) is 0 Å². The zero-order valence-electron chi connectivity index (χ0n) is 21.1. The Balaban J connectivity index is 1.10. The number of nitrogens with zero attached hydrogens (tertiary/aromatic N) is 6. The number of imidazole rings is 1. The average molecular weight is 501 g/mol. The van der Waals surface area contributed by atoms with Crippen LogP contribution in [0.15, 0.2) is 54.6 Å². The molecular formula is C29H33FN6O. The topological polar surface area (TPSA) is 67.2 Å². The molecule has 3 aromatic rings. The SMILES string of the molecule is O=C(C1CCN(Cc2ccccn2)CC1)N1CCC(n2c(-c3ccccn3)nc3c2CCC(F)=C3)CC1. The summed E-state index contributed by atoms with van der Waals surface area (Å²) >= 11 is 0. The van der Waals surface area contributed by atoms with Crippen molar-refractivity contribution in [1.82, 2.24) is 29.3 Å². The van der Waals surface area contributed by atoms with E-state index in [-0.39, 0.29) is 17.8 Å². The number of pyridine rings is 2. The van der Waals surface area contributed by atoms with E-state index in [2.05, 4.69) is 30.4 Å². The first-order valence-electron chi connectivity index (χ1n) is 13.5. The van der Waals surface area contributed by atoms with Gasteiger partial charge >= 0.3 is 0 Å². The Morgan fingerprint density at radius 1 is 0.919 bits per heavy atom. The molecule has 0 atom stereocenters. The van der Waals surface area contributed by atoms with Crippen LogP contribution in [-0.4, -0.2) is 61.4 Å². The molecular weight excluding hydrogens is 467 g/mol. The van der Waals surface area contributed by atoms with Crippen LogP contribution in [0, 0.1) is 5.92 Å². The molecule has 8 heteroatoms. The summed E-state index contributed by atoms with van der Waals surface area (Å²) in [6.45, 7) is 4.21. The van der Waals surface area contributed by atoms with Crippen LogP contribution in [0.25, 0.3) is 17.6 Å². The molecule has 1 aliphatic carbocycles. The van der Waals surface area contributed by atoms with Crippen molar-refractivity contribution < 1.29 is 9.18 Å². The fraction of sp³-hybridized carbons (Fsp3) is 0.448. The van der Waals surface area contributed by atoms with Crippen molar-refractivity contribution in [1.29, 1.82) is 0 Å². The first-order chi connectivity index (χ1) is 18.2. The van der Waals surface area contributed by atoms with Crippen molar-refractivity contribution in [3.63, 3.8) is 0 Å². The third-order valence-corrected chi connectivity index (χ3v) is 8.02. The number of hydrogen-bond donors (Lipinski definition) is 0. The number of aromatic nitrogens is 4. The van der Waals surface area contributed by atoms with Gasteiger partial charge in [-0.2, -0.15) is 0 Å². The number of hydrogen-bond acceptors (Lipinski definition) is 5. The third-order valence-electron chi connectivity index (χ3n) is 8.02. The molecule has 2 aliphatic heterocycles. The molecule has 0 radical (unpaired) electrons. The van der Waals surface area contributed by atoms with E-state index in [1.807, 2.05) is 36.5 Å². The van der Waals surface area contributed by atoms with E-state index < -0.39 is 0 Å². The highest BCUT2D eigenvalue weighted by molar-refractivity contribution is 5.79. The molecule has 192 valence electrons. The zero-order chi connectivity index (χ0) is 25.2. The molecule has 0 unspecified atom stereocenters. The van der Waals surface area contributed by atoms with Crippen molar-refractivity contribution in [2.45, 2.75) is 51.1 Å². The van der Waals surface area contributed by atoms with Crippen molar-refractivity contribution in [3.05, 3.63) is 71.7 Å². The zero-order valence-corrected chi connectivity index (χ0v) is 21.1. The molecule has 0 spiro atoms. The lowest BCUT2D eigenvalue weighted by molar-refractivity contribution is -0.138. The summed E-state index contributed by atoms with van der Waals surface area (Å²) in [7, 11) is 0. The molecule has 2 fully saturated rings. The van der Waals surface area contributed by atoms with E-state index in [4.69, 9.17) is 4.98 Å². The first-order valence-corrected chi connectivity index (χ1v) is 13.5. The number of fused-ring (bicyclic) bond motifs is 1. The second kappa shape index (κ2) is 10.5. The molecule has 1 amide bonds. The van der Waals surface area contributed by atoms with Crippen molar-refractivity contribution in [2.24, 2.45) is 5.92 Å². The summed E-state index contributed by atoms with van der Waals surface area (Å²) in [5, 5.41) is 0. The van der Waals surface area contributed by atoms with Gasteiger partial charge in [0.25, 0.3) is 0 Å². The lowest BCUT2D eigenvalue weighted by Crippen LogP contribution is -2.45. The fourth-order valence-electron chi connectivity index (χ4n) is 6.04. The van der Waals surface area contributed by atoms with Crippen LogP contribution in [0.1, 0.15) is 55.2 Å². The summed E-state index contributed by atoms with van der Waals surface area (Å²) in [4.78, 5) is 31.6. The predicted octanol–water partition coefficient (Wildman–Crippen LogP) is 4.67. The van der Waals surface area contributed by atoms with Crippen LogP contribution in [0.3, 0.4) is 0 Å². The summed E-state index contributed by atoms with van der Waals surface area (Å²) in [5.41, 5.74) is 3.70. The third kappa shape index (κ3) is 5.07. The molecule has 0 N–H and O–H groups in total. The Hall–Kier alpha value is -3.39. The quantitative estimate of drug-likeness (QED) is 0.509. The second-order valence-electron chi connectivity index (χ2n) is 10.4. The van der Waals surface area contributed by atoms with Crippen molar-refractivity contribution in [3.8, 4) is 11.5 Å². The van der Waals surface area contributed by atoms with E-state index in [9.17, 15) is 9.18 Å². The molecule has 0 bridgehead atoms. The van der Waals surface area contributed by atoms with Crippen molar-refractivity contribution >= 4 is 12.0 Å². The molecule has 0 aromatic carbocycles. The molecule has 7 nitrogen and oxygen atoms in total. The van der Waals surface area contributed by atoms with Crippen LogP contribution in [0.5, 0.6) is 0 Å². The average Bonchev–Trinajstić information content (AvgIpc) is 3.33. The lowest BCUT2D eigenvalue weighted by Gasteiger charge is -2.38. The van der Waals surface area contributed by atoms with Gasteiger partial charge in [0.1, 0.15) is 11.5 Å². The highest BCUT2D eigenvalue weighted by Gasteiger charge is 2.33. The number of piperidine rings is 2. The summed E-state index contributed by atoms with van der Waals surface area (Å²) in [6, 6.07) is 12.1. The summed E-state index contributed by atoms with van der Waals surface area (Å²) in [5.74, 6) is 1.10. The van der Waals surface area contributed by atoms with Gasteiger partial charge in [-0.1, -0.05) is 12.1 Å². The molecule has 5 heterocycles. The van der Waals surface area contributed by atoms with E-state index >= 15 is 0 Å². The summed E-state index contributed by atoms with van der Waals surface area (Å²) < 4.78 is 16.3. The monoisotopic (exact) mass is 500 g/mol. The number of allylic oxidation sites excluding steroid dienone is 1. The minimum absolute atomic E-state index is 0.106. The Kier molecular flexibility index (Phi) is 6.83. The van der Waals surface area contributed by atoms with E-state index in [1.54, 1.807) is 12.3 Å². The maximum atomic E-state index is 14.0. The Morgan fingerprint density at radius 3 is 2.38 bits per heavy atom. The fourth-order valence-corrected chi connectivity index (χ4v) is 6.04. The maximum absolute atomic E-state index is 14.0. The molecule has 37 heavy (non-hydrogen) atoms. The number of carbonyl (C=O) groups is 1. The first kappa shape index (κ1) is 24.0. The van der Waals surface area contributed by atoms with Crippen LogP contribution in [-0.2, 0) is 17.8 Å². The lowest BCUT2D eigenvalue weighted by atomic mass is 9.93. The number of carbonyl (C=O) groups excluding carboxylic acids is 1. The number of rotatable bonds is 5. The number of halogens is 1. The number of amides is 1. The molecule has 2 saturated heterocycles. The van der Waals surface area contributed by atoms with Gasteiger partial charge in [-0.3, -0.25) is 19.7 Å². The molecule has 3 aliphatic rings. The van der Waals surface area contributed by atoms with E-state index in [0.29, 0.717) is 18.7 Å². The van der Waals surface area contributed by atoms with Crippen molar-refractivity contribution in [2.75, 3.05) is 26.2 Å². The maximum Gasteiger partial charge on any atom is 0.225 e. The number of likely N-dealkylation sites (tertiary alicyclic amines) is 2. The van der Waals surface area contributed by atoms with Crippen LogP contribution in [0.2, 0.25) is 0 Å². The second-order valence-corrected chi connectivity index (χ2v) is 10.4. The van der Waals surface area contributed by atoms with Gasteiger partial charge in [0.2, 0.25) is 5.91 Å². The van der Waals surface area contributed by atoms with Gasteiger partial charge in [0.15, 0.2) is 5.82 Å². The predicted molar refractivity (Wildman–Crippen MR) is 140 cm³/mol. The standard InChI is InChI=1S/C29H33FN6O/c30-22-7-8-27-26(19-22)33-28(25-6-2-4-14-32-25)36(27)24-11-17-35(18-12-24)29(37)21-9-15-34(16-10-21)20-23-5-1-3-13-31-23/h1-6,13-14,19,21,24H,7-12,15-18,20H2. The van der Waals surface area contributed by atoms with Crippen LogP contribution < -0.4 is 0 Å². The molecule has 0 saturated carbocycles. The normalized spacial score (nSPS) is 19.5. The minimum atomic E-state index is -0.115. The molecule has 3 aromatic heterocycles. The smallest absolute Gasteiger partial charge is 0.225 e. The Morgan fingerprint density at radius 2 is 1.68 bits per heavy atom. The van der Waals surface area contributed by atoms with Gasteiger partial charge in [-0.25, -0.2) is 9.37 Å². The Labute approximate surface area is 217 Å². The largest absolute Gasteiger partial charge is 0.342 e. The van der Waals surface area contributed by atoms with Crippen LogP contribution in [0.4, 0.5) is 4.39 Å². The van der Waals surface area contributed by atoms with Crippen LogP contribution >= 0.6 is 0 Å². The van der Waals surface area contributed by atoms with Gasteiger partial charge in [-0.05, 0) is 75.5 Å². The van der Waals surface area contributed by atoms with Gasteiger partial charge in [0, 0.05) is 56.1 Å². The summed E-state index contributed by atoms with van der Waals surface area (Å²) in [6.07, 6.45) is 9.80. The highest BCUT2D eigenvalue weighted by Crippen LogP contribution is 2.36. The molecule has 6 rings (SSSR count). The highest BCUT2D eigenvalue weighted by atomic mass is 19.1. The van der Waals surface area contributed by atoms with E-state index in [0.717, 1.165) is 87.0 Å².